The SMILES string of the molecule is O=C(CCc1cccc(Cl)c1Cl)NCc1ccc(N2CCOCC2)nc1. The van der Waals surface area contributed by atoms with Gasteiger partial charge in [-0.2, -0.15) is 0 Å². The molecule has 26 heavy (non-hydrogen) atoms. The molecule has 0 unspecified atom stereocenters. The van der Waals surface area contributed by atoms with E-state index in [0.29, 0.717) is 29.4 Å². The summed E-state index contributed by atoms with van der Waals surface area (Å²) in [6, 6.07) is 9.43. The number of pyridine rings is 1. The number of ether oxygens (including phenoxy) is 1. The van der Waals surface area contributed by atoms with Crippen molar-refractivity contribution in [1.29, 1.82) is 0 Å². The number of aromatic nitrogens is 1. The van der Waals surface area contributed by atoms with Crippen LogP contribution in [0, 0.1) is 0 Å². The van der Waals surface area contributed by atoms with Crippen molar-refractivity contribution >= 4 is 34.9 Å². The van der Waals surface area contributed by atoms with Crippen LogP contribution >= 0.6 is 23.2 Å². The van der Waals surface area contributed by atoms with Crippen LogP contribution < -0.4 is 10.2 Å². The molecular weight excluding hydrogens is 373 g/mol. The number of morpholine rings is 1. The molecule has 0 atom stereocenters. The van der Waals surface area contributed by atoms with Crippen molar-refractivity contribution in [3.8, 4) is 0 Å². The van der Waals surface area contributed by atoms with Gasteiger partial charge in [-0.05, 0) is 29.7 Å². The van der Waals surface area contributed by atoms with Gasteiger partial charge in [-0.3, -0.25) is 4.79 Å². The van der Waals surface area contributed by atoms with Crippen LogP contribution in [-0.4, -0.2) is 37.2 Å². The minimum Gasteiger partial charge on any atom is -0.378 e. The zero-order chi connectivity index (χ0) is 18.4. The number of carbonyl (C=O) groups is 1. The van der Waals surface area contributed by atoms with Gasteiger partial charge in [-0.15, -0.1) is 0 Å². The average Bonchev–Trinajstić information content (AvgIpc) is 2.68. The molecule has 1 aromatic carbocycles. The summed E-state index contributed by atoms with van der Waals surface area (Å²) in [6.45, 7) is 3.63. The molecule has 0 spiro atoms. The molecule has 3 rings (SSSR count). The second-order valence-electron chi connectivity index (χ2n) is 6.11. The van der Waals surface area contributed by atoms with Crippen LogP contribution in [0.25, 0.3) is 0 Å². The maximum absolute atomic E-state index is 12.1. The molecule has 0 saturated carbocycles. The van der Waals surface area contributed by atoms with E-state index in [1.54, 1.807) is 12.3 Å². The molecular formula is C19H21Cl2N3O2. The van der Waals surface area contributed by atoms with E-state index in [-0.39, 0.29) is 5.91 Å². The maximum atomic E-state index is 12.1. The summed E-state index contributed by atoms with van der Waals surface area (Å²) in [5.74, 6) is 0.914. The molecule has 1 aromatic heterocycles. The third-order valence-corrected chi connectivity index (χ3v) is 5.14. The second kappa shape index (κ2) is 9.21. The number of nitrogens with one attached hydrogen (secondary N) is 1. The van der Waals surface area contributed by atoms with Crippen molar-refractivity contribution < 1.29 is 9.53 Å². The van der Waals surface area contributed by atoms with E-state index in [0.717, 1.165) is 43.2 Å². The van der Waals surface area contributed by atoms with Gasteiger partial charge in [0.25, 0.3) is 0 Å². The average molecular weight is 394 g/mol. The van der Waals surface area contributed by atoms with Crippen LogP contribution in [0.1, 0.15) is 17.5 Å². The normalized spacial score (nSPS) is 14.3. The number of rotatable bonds is 6. The second-order valence-corrected chi connectivity index (χ2v) is 6.90. The largest absolute Gasteiger partial charge is 0.378 e. The van der Waals surface area contributed by atoms with E-state index in [1.807, 2.05) is 24.3 Å². The van der Waals surface area contributed by atoms with Gasteiger partial charge < -0.3 is 15.0 Å². The minimum atomic E-state index is -0.0294. The summed E-state index contributed by atoms with van der Waals surface area (Å²) in [5, 5.41) is 3.94. The van der Waals surface area contributed by atoms with E-state index in [2.05, 4.69) is 15.2 Å². The van der Waals surface area contributed by atoms with Gasteiger partial charge in [0, 0.05) is 32.3 Å². The van der Waals surface area contributed by atoms with E-state index in [4.69, 9.17) is 27.9 Å². The minimum absolute atomic E-state index is 0.0294. The summed E-state index contributed by atoms with van der Waals surface area (Å²) in [7, 11) is 0. The monoisotopic (exact) mass is 393 g/mol. The number of aryl methyl sites for hydroxylation is 1. The van der Waals surface area contributed by atoms with E-state index in [1.165, 1.54) is 0 Å². The molecule has 1 saturated heterocycles. The van der Waals surface area contributed by atoms with Gasteiger partial charge in [0.1, 0.15) is 5.82 Å². The van der Waals surface area contributed by atoms with Crippen LogP contribution in [0.3, 0.4) is 0 Å². The standard InChI is InChI=1S/C19H21Cl2N3O2/c20-16-3-1-2-15(19(16)21)5-7-18(25)23-13-14-4-6-17(22-12-14)24-8-10-26-11-9-24/h1-4,6,12H,5,7-11,13H2,(H,23,25). The molecule has 1 fully saturated rings. The number of benzene rings is 1. The van der Waals surface area contributed by atoms with Crippen LogP contribution in [-0.2, 0) is 22.5 Å². The predicted molar refractivity (Wildman–Crippen MR) is 104 cm³/mol. The van der Waals surface area contributed by atoms with Gasteiger partial charge in [-0.1, -0.05) is 41.4 Å². The fraction of sp³-hybridized carbons (Fsp3) is 0.368. The first kappa shape index (κ1) is 19.0. The molecule has 1 amide bonds. The Balaban J connectivity index is 1.46. The Bertz CT molecular complexity index is 747. The highest BCUT2D eigenvalue weighted by Gasteiger charge is 2.12. The Morgan fingerprint density at radius 2 is 2.00 bits per heavy atom. The molecule has 0 aliphatic carbocycles. The van der Waals surface area contributed by atoms with Crippen LogP contribution in [0.15, 0.2) is 36.5 Å². The number of hydrogen-bond donors (Lipinski definition) is 1. The van der Waals surface area contributed by atoms with Gasteiger partial charge in [0.15, 0.2) is 0 Å². The van der Waals surface area contributed by atoms with Crippen molar-refractivity contribution in [2.24, 2.45) is 0 Å². The van der Waals surface area contributed by atoms with Gasteiger partial charge in [-0.25, -0.2) is 4.98 Å². The van der Waals surface area contributed by atoms with E-state index in [9.17, 15) is 4.79 Å². The maximum Gasteiger partial charge on any atom is 0.220 e. The van der Waals surface area contributed by atoms with E-state index >= 15 is 0 Å². The van der Waals surface area contributed by atoms with E-state index < -0.39 is 0 Å². The van der Waals surface area contributed by atoms with Crippen molar-refractivity contribution in [1.82, 2.24) is 10.3 Å². The smallest absolute Gasteiger partial charge is 0.220 e. The third kappa shape index (κ3) is 5.10. The Kier molecular flexibility index (Phi) is 6.72. The lowest BCUT2D eigenvalue weighted by atomic mass is 10.1. The zero-order valence-corrected chi connectivity index (χ0v) is 15.9. The highest BCUT2D eigenvalue weighted by atomic mass is 35.5. The summed E-state index contributed by atoms with van der Waals surface area (Å²) in [6.07, 6.45) is 2.72. The Hall–Kier alpha value is -1.82. The molecule has 2 heterocycles. The van der Waals surface area contributed by atoms with Gasteiger partial charge in [0.05, 0.1) is 23.3 Å². The highest BCUT2D eigenvalue weighted by molar-refractivity contribution is 6.42. The fourth-order valence-corrected chi connectivity index (χ4v) is 3.19. The molecule has 1 N–H and O–H groups in total. The third-order valence-electron chi connectivity index (χ3n) is 4.29. The summed E-state index contributed by atoms with van der Waals surface area (Å²) < 4.78 is 5.35. The predicted octanol–water partition coefficient (Wildman–Crippen LogP) is 3.47. The summed E-state index contributed by atoms with van der Waals surface area (Å²) in [4.78, 5) is 18.7. The van der Waals surface area contributed by atoms with Gasteiger partial charge in [0.2, 0.25) is 5.91 Å². The lowest BCUT2D eigenvalue weighted by molar-refractivity contribution is -0.121. The number of carbonyl (C=O) groups excluding carboxylic acids is 1. The molecule has 2 aromatic rings. The first-order valence-electron chi connectivity index (χ1n) is 8.60. The number of halogens is 2. The Labute approximate surface area is 163 Å². The van der Waals surface area contributed by atoms with Crippen molar-refractivity contribution in [2.45, 2.75) is 19.4 Å². The number of anilines is 1. The van der Waals surface area contributed by atoms with Crippen LogP contribution in [0.5, 0.6) is 0 Å². The summed E-state index contributed by atoms with van der Waals surface area (Å²) in [5.41, 5.74) is 1.85. The molecule has 0 bridgehead atoms. The quantitative estimate of drug-likeness (QED) is 0.815. The van der Waals surface area contributed by atoms with Gasteiger partial charge >= 0.3 is 0 Å². The van der Waals surface area contributed by atoms with Crippen molar-refractivity contribution in [3.05, 3.63) is 57.7 Å². The Morgan fingerprint density at radius 1 is 1.19 bits per heavy atom. The molecule has 5 nitrogen and oxygen atoms in total. The van der Waals surface area contributed by atoms with Crippen molar-refractivity contribution in [2.75, 3.05) is 31.2 Å². The highest BCUT2D eigenvalue weighted by Crippen LogP contribution is 2.26. The number of amides is 1. The molecule has 1 aliphatic rings. The fourth-order valence-electron chi connectivity index (χ4n) is 2.78. The van der Waals surface area contributed by atoms with Crippen LogP contribution in [0.2, 0.25) is 10.0 Å². The zero-order valence-electron chi connectivity index (χ0n) is 14.4. The lowest BCUT2D eigenvalue weighted by Crippen LogP contribution is -2.36. The first-order valence-corrected chi connectivity index (χ1v) is 9.36. The molecule has 7 heteroatoms. The molecule has 138 valence electrons. The number of hydrogen-bond acceptors (Lipinski definition) is 4. The lowest BCUT2D eigenvalue weighted by Gasteiger charge is -2.27. The van der Waals surface area contributed by atoms with Crippen molar-refractivity contribution in [3.63, 3.8) is 0 Å². The molecule has 0 radical (unpaired) electrons. The summed E-state index contributed by atoms with van der Waals surface area (Å²) >= 11 is 12.1. The van der Waals surface area contributed by atoms with Crippen LogP contribution in [0.4, 0.5) is 5.82 Å². The first-order chi connectivity index (χ1) is 12.6. The molecule has 1 aliphatic heterocycles. The Morgan fingerprint density at radius 3 is 2.73 bits per heavy atom. The topological polar surface area (TPSA) is 54.5 Å². The number of nitrogens with zero attached hydrogens (tertiary/aromatic N) is 2.